The molecule has 0 aliphatic heterocycles. The molecular formula is C30H33N5. The second-order valence-corrected chi connectivity index (χ2v) is 9.78. The van der Waals surface area contributed by atoms with Crippen molar-refractivity contribution in [2.75, 3.05) is 0 Å². The quantitative estimate of drug-likeness (QED) is 0.296. The lowest BCUT2D eigenvalue weighted by Crippen LogP contribution is -2.90. The molecule has 0 amide bonds. The van der Waals surface area contributed by atoms with Crippen molar-refractivity contribution < 1.29 is 0 Å². The summed E-state index contributed by atoms with van der Waals surface area (Å²) < 4.78 is 0. The van der Waals surface area contributed by atoms with Crippen LogP contribution in [-0.2, 0) is 16.6 Å². The van der Waals surface area contributed by atoms with E-state index in [1.807, 2.05) is 109 Å². The van der Waals surface area contributed by atoms with Crippen molar-refractivity contribution in [1.82, 2.24) is 0 Å². The van der Waals surface area contributed by atoms with Crippen molar-refractivity contribution in [1.29, 1.82) is 0 Å². The molecule has 5 nitrogen and oxygen atoms in total. The van der Waals surface area contributed by atoms with Crippen LogP contribution in [0.4, 0.5) is 0 Å². The van der Waals surface area contributed by atoms with Crippen LogP contribution in [0.1, 0.15) is 34.6 Å². The van der Waals surface area contributed by atoms with E-state index in [1.165, 1.54) is 0 Å². The highest BCUT2D eigenvalue weighted by Crippen LogP contribution is 2.60. The number of rotatable bonds is 4. The number of benzene rings is 4. The number of hydrogen-bond donors (Lipinski definition) is 5. The summed E-state index contributed by atoms with van der Waals surface area (Å²) >= 11 is 0. The number of nitrogens with two attached hydrogens (primary N) is 5. The average Bonchev–Trinajstić information content (AvgIpc) is 2.91. The summed E-state index contributed by atoms with van der Waals surface area (Å²) in [6.07, 6.45) is 0.438. The Hall–Kier alpha value is -3.32. The first-order valence-electron chi connectivity index (χ1n) is 11.9. The fourth-order valence-corrected chi connectivity index (χ4v) is 6.13. The molecule has 4 unspecified atom stereocenters. The molecule has 0 spiro atoms. The van der Waals surface area contributed by atoms with Crippen LogP contribution in [0.2, 0.25) is 0 Å². The average molecular weight is 464 g/mol. The van der Waals surface area contributed by atoms with Crippen LogP contribution in [0.25, 0.3) is 0 Å². The normalized spacial score (nSPS) is 30.0. The Bertz CT molecular complexity index is 1280. The minimum atomic E-state index is -1.66. The van der Waals surface area contributed by atoms with Gasteiger partial charge in [-0.3, -0.25) is 0 Å². The first-order chi connectivity index (χ1) is 16.8. The molecule has 5 rings (SSSR count). The third kappa shape index (κ3) is 3.21. The zero-order valence-corrected chi connectivity index (χ0v) is 19.7. The molecule has 0 aromatic heterocycles. The van der Waals surface area contributed by atoms with Gasteiger partial charge in [-0.1, -0.05) is 121 Å². The Kier molecular flexibility index (Phi) is 5.63. The van der Waals surface area contributed by atoms with Gasteiger partial charge in [0.2, 0.25) is 0 Å². The van der Waals surface area contributed by atoms with E-state index in [1.54, 1.807) is 0 Å². The summed E-state index contributed by atoms with van der Waals surface area (Å²) in [5.74, 6) is -0.313. The highest BCUT2D eigenvalue weighted by molar-refractivity contribution is 5.51. The van der Waals surface area contributed by atoms with Crippen LogP contribution in [0.3, 0.4) is 0 Å². The van der Waals surface area contributed by atoms with Gasteiger partial charge in [0.15, 0.2) is 0 Å². The molecule has 4 atom stereocenters. The smallest absolute Gasteiger partial charge is 0.112 e. The molecule has 1 aliphatic rings. The lowest BCUT2D eigenvalue weighted by atomic mass is 9.46. The molecule has 0 heterocycles. The molecule has 35 heavy (non-hydrogen) atoms. The summed E-state index contributed by atoms with van der Waals surface area (Å²) in [4.78, 5) is 0. The van der Waals surface area contributed by atoms with Gasteiger partial charge in [0.1, 0.15) is 5.66 Å². The van der Waals surface area contributed by atoms with Crippen molar-refractivity contribution in [3.63, 3.8) is 0 Å². The Labute approximate surface area is 206 Å². The second kappa shape index (κ2) is 8.41. The molecule has 1 saturated carbocycles. The van der Waals surface area contributed by atoms with E-state index in [-0.39, 0.29) is 5.92 Å². The fourth-order valence-electron chi connectivity index (χ4n) is 6.13. The van der Waals surface area contributed by atoms with Gasteiger partial charge in [0, 0.05) is 5.92 Å². The fraction of sp³-hybridized carbons (Fsp3) is 0.200. The van der Waals surface area contributed by atoms with E-state index in [9.17, 15) is 0 Å². The predicted molar refractivity (Wildman–Crippen MR) is 142 cm³/mol. The Morgan fingerprint density at radius 2 is 0.886 bits per heavy atom. The molecule has 4 aromatic rings. The van der Waals surface area contributed by atoms with Crippen molar-refractivity contribution in [2.45, 2.75) is 34.6 Å². The van der Waals surface area contributed by atoms with E-state index < -0.39 is 22.3 Å². The summed E-state index contributed by atoms with van der Waals surface area (Å²) in [6, 6.07) is 39.4. The highest BCUT2D eigenvalue weighted by atomic mass is 15.2. The van der Waals surface area contributed by atoms with Gasteiger partial charge in [-0.05, 0) is 28.7 Å². The molecule has 1 aliphatic carbocycles. The first-order valence-corrected chi connectivity index (χ1v) is 11.9. The van der Waals surface area contributed by atoms with Gasteiger partial charge in [-0.15, -0.1) is 0 Å². The summed E-state index contributed by atoms with van der Waals surface area (Å²) in [6.45, 7) is 0. The van der Waals surface area contributed by atoms with E-state index in [0.29, 0.717) is 6.42 Å². The standard InChI is InChI=1S/C30H33N5/c31-27(23-15-7-2-8-16-23)21-26(22-13-5-1-6-14-22)28(32,24-17-9-3-10-18-24)30(34,35)29(27,33)25-19-11-4-12-20-25/h1-20,26H,21,31-35H2. The largest absolute Gasteiger partial charge is 0.319 e. The Morgan fingerprint density at radius 1 is 0.486 bits per heavy atom. The van der Waals surface area contributed by atoms with E-state index >= 15 is 0 Å². The van der Waals surface area contributed by atoms with Crippen LogP contribution in [0.5, 0.6) is 0 Å². The molecule has 0 radical (unpaired) electrons. The van der Waals surface area contributed by atoms with Crippen LogP contribution >= 0.6 is 0 Å². The molecule has 178 valence electrons. The summed E-state index contributed by atoms with van der Waals surface area (Å²) in [5, 5.41) is 0. The van der Waals surface area contributed by atoms with E-state index in [4.69, 9.17) is 28.7 Å². The predicted octanol–water partition coefficient (Wildman–Crippen LogP) is 3.35. The molecule has 4 aromatic carbocycles. The lowest BCUT2D eigenvalue weighted by molar-refractivity contribution is -0.0320. The zero-order chi connectivity index (χ0) is 24.7. The van der Waals surface area contributed by atoms with Crippen LogP contribution in [-0.4, -0.2) is 5.66 Å². The molecule has 0 saturated heterocycles. The van der Waals surface area contributed by atoms with Crippen molar-refractivity contribution >= 4 is 0 Å². The van der Waals surface area contributed by atoms with Crippen LogP contribution in [0, 0.1) is 0 Å². The third-order valence-electron chi connectivity index (χ3n) is 8.09. The first kappa shape index (κ1) is 23.4. The maximum absolute atomic E-state index is 7.47. The zero-order valence-electron chi connectivity index (χ0n) is 19.7. The van der Waals surface area contributed by atoms with Gasteiger partial charge in [-0.25, -0.2) is 0 Å². The third-order valence-corrected chi connectivity index (χ3v) is 8.09. The SMILES string of the molecule is NC1(c2ccccc2)CC(c2ccccc2)C(N)(c2ccccc2)C(N)(N)C1(N)c1ccccc1. The molecule has 5 heteroatoms. The molecular weight excluding hydrogens is 430 g/mol. The van der Waals surface area contributed by atoms with Gasteiger partial charge < -0.3 is 28.7 Å². The topological polar surface area (TPSA) is 130 Å². The Balaban J connectivity index is 1.87. The monoisotopic (exact) mass is 463 g/mol. The molecule has 0 bridgehead atoms. The van der Waals surface area contributed by atoms with Crippen LogP contribution in [0.15, 0.2) is 121 Å². The maximum Gasteiger partial charge on any atom is 0.112 e. The molecule has 1 fully saturated rings. The van der Waals surface area contributed by atoms with Crippen molar-refractivity contribution in [3.8, 4) is 0 Å². The van der Waals surface area contributed by atoms with Crippen LogP contribution < -0.4 is 28.7 Å². The van der Waals surface area contributed by atoms with Gasteiger partial charge in [0.25, 0.3) is 0 Å². The van der Waals surface area contributed by atoms with Crippen molar-refractivity contribution in [2.24, 2.45) is 28.7 Å². The summed E-state index contributed by atoms with van der Waals surface area (Å²) in [7, 11) is 0. The van der Waals surface area contributed by atoms with E-state index in [2.05, 4.69) is 12.1 Å². The Morgan fingerprint density at radius 3 is 1.37 bits per heavy atom. The van der Waals surface area contributed by atoms with Gasteiger partial charge in [-0.2, -0.15) is 0 Å². The molecule has 10 N–H and O–H groups in total. The van der Waals surface area contributed by atoms with Gasteiger partial charge in [0.05, 0.1) is 16.6 Å². The summed E-state index contributed by atoms with van der Waals surface area (Å²) in [5.41, 5.74) is 35.0. The number of hydrogen-bond acceptors (Lipinski definition) is 5. The van der Waals surface area contributed by atoms with E-state index in [0.717, 1.165) is 22.3 Å². The maximum atomic E-state index is 7.47. The van der Waals surface area contributed by atoms with Crippen molar-refractivity contribution in [3.05, 3.63) is 144 Å². The lowest BCUT2D eigenvalue weighted by Gasteiger charge is -2.67. The highest BCUT2D eigenvalue weighted by Gasteiger charge is 2.71. The van der Waals surface area contributed by atoms with Gasteiger partial charge >= 0.3 is 0 Å². The second-order valence-electron chi connectivity index (χ2n) is 9.78. The minimum Gasteiger partial charge on any atom is -0.319 e. The minimum absolute atomic E-state index is 0.313.